The van der Waals surface area contributed by atoms with Crippen LogP contribution in [0.5, 0.6) is 6.01 Å². The molecule has 6 fully saturated rings. The first-order valence-corrected chi connectivity index (χ1v) is 28.4. The summed E-state index contributed by atoms with van der Waals surface area (Å²) in [5.74, 6) is 1.25. The molecule has 0 radical (unpaired) electrons. The minimum atomic E-state index is -0.650. The normalized spacial score (nSPS) is 24.1. The monoisotopic (exact) mass is 1080 g/mol. The highest BCUT2D eigenvalue weighted by Crippen LogP contribution is 2.45. The molecular formula is C60H65F3N10O6. The van der Waals surface area contributed by atoms with Crippen molar-refractivity contribution in [1.82, 2.24) is 39.8 Å². The highest BCUT2D eigenvalue weighted by molar-refractivity contribution is 6.04. The molecule has 16 nitrogen and oxygen atoms in total. The van der Waals surface area contributed by atoms with E-state index in [1.807, 2.05) is 17.0 Å². The van der Waals surface area contributed by atoms with E-state index in [1.165, 1.54) is 12.1 Å². The average Bonchev–Trinajstić information content (AvgIpc) is 4.28. The molecule has 0 bridgehead atoms. The van der Waals surface area contributed by atoms with Gasteiger partial charge in [-0.25, -0.2) is 22.9 Å². The summed E-state index contributed by atoms with van der Waals surface area (Å²) in [6.45, 7) is 5.97. The number of likely N-dealkylation sites (tertiary alicyclic amines) is 1. The maximum Gasteiger partial charge on any atom is 0.409 e. The first kappa shape index (κ1) is 51.4. The standard InChI is InChI=1S/C60H65F3N10O6/c1-3-40-44(61)12-9-37-7-4-8-41(50(37)40)54-52(63)55-51-46(64-54)13-10-38-32-77-28-6-22-72(38)56(51)67-58(66-55)79-34-60-20-5-23-73(60)39(15-21-60)33-78-59(76)71-26-18-36(19-27-71)29-35-16-24-70(25-17-35)48-31-47-43(30-45(48)62)53(68-69(47)2)42-11-14-49(74)65-57(42)75/h1,4,7-9,12,30-31,35-36,38-39,42H,5-6,10-11,13-29,32-34H2,2H3,(H,65,74,75)/t38-,39-,42?,60-/m0/s1. The largest absolute Gasteiger partial charge is 0.461 e. The van der Waals surface area contributed by atoms with Crippen molar-refractivity contribution in [2.75, 3.05) is 75.5 Å². The van der Waals surface area contributed by atoms with Gasteiger partial charge in [0, 0.05) is 75.2 Å². The second-order valence-electron chi connectivity index (χ2n) is 23.1. The number of amides is 3. The third kappa shape index (κ3) is 9.35. The van der Waals surface area contributed by atoms with Gasteiger partial charge in [-0.2, -0.15) is 15.1 Å². The van der Waals surface area contributed by atoms with Crippen molar-refractivity contribution >= 4 is 62.0 Å². The van der Waals surface area contributed by atoms with E-state index in [0.717, 1.165) is 89.4 Å². The van der Waals surface area contributed by atoms with Gasteiger partial charge in [-0.05, 0) is 125 Å². The number of rotatable bonds is 10. The molecule has 6 aromatic rings. The van der Waals surface area contributed by atoms with E-state index in [2.05, 4.69) is 31.0 Å². The van der Waals surface area contributed by atoms with Crippen molar-refractivity contribution < 1.29 is 41.8 Å². The molecule has 1 N–H and O–H groups in total. The van der Waals surface area contributed by atoms with Crippen LogP contribution in [0.1, 0.15) is 106 Å². The molecule has 7 aliphatic heterocycles. The van der Waals surface area contributed by atoms with Crippen LogP contribution >= 0.6 is 0 Å². The molecule has 0 spiro atoms. The number of pyridine rings is 1. The molecule has 3 aromatic heterocycles. The Morgan fingerprint density at radius 1 is 0.886 bits per heavy atom. The second kappa shape index (κ2) is 20.9. The lowest BCUT2D eigenvalue weighted by Gasteiger charge is -2.37. The van der Waals surface area contributed by atoms with Crippen LogP contribution in [-0.4, -0.2) is 136 Å². The molecule has 412 valence electrons. The molecular weight excluding hydrogens is 1010 g/mol. The molecule has 1 unspecified atom stereocenters. The minimum Gasteiger partial charge on any atom is -0.461 e. The van der Waals surface area contributed by atoms with Gasteiger partial charge in [0.05, 0.1) is 57.6 Å². The van der Waals surface area contributed by atoms with Gasteiger partial charge in [0.25, 0.3) is 0 Å². The molecule has 4 atom stereocenters. The van der Waals surface area contributed by atoms with Crippen LogP contribution in [-0.2, 0) is 32.5 Å². The summed E-state index contributed by atoms with van der Waals surface area (Å²) in [5.41, 5.74) is 2.72. The number of imide groups is 1. The maximum absolute atomic E-state index is 17.5. The number of carbonyl (C=O) groups is 3. The zero-order valence-electron chi connectivity index (χ0n) is 44.6. The van der Waals surface area contributed by atoms with E-state index in [1.54, 1.807) is 29.9 Å². The van der Waals surface area contributed by atoms with E-state index in [0.29, 0.717) is 114 Å². The van der Waals surface area contributed by atoms with Crippen LogP contribution in [0.4, 0.5) is 29.5 Å². The predicted molar refractivity (Wildman–Crippen MR) is 291 cm³/mol. The maximum atomic E-state index is 17.5. The van der Waals surface area contributed by atoms with Crippen LogP contribution < -0.4 is 19.9 Å². The third-order valence-electron chi connectivity index (χ3n) is 18.6. The number of carbonyl (C=O) groups excluding carboxylic acids is 3. The number of aryl methyl sites for hydroxylation is 2. The Bertz CT molecular complexity index is 3460. The Labute approximate surface area is 456 Å². The fraction of sp³-hybridized carbons (Fsp3) is 0.517. The number of nitrogens with one attached hydrogen (secondary N) is 1. The summed E-state index contributed by atoms with van der Waals surface area (Å²) in [5, 5.41) is 9.24. The van der Waals surface area contributed by atoms with Crippen LogP contribution in [0, 0.1) is 41.6 Å². The Balaban J connectivity index is 0.636. The lowest BCUT2D eigenvalue weighted by atomic mass is 9.82. The number of aromatic nitrogens is 5. The number of hydrogen-bond acceptors (Lipinski definition) is 13. The molecule has 3 amide bonds. The van der Waals surface area contributed by atoms with Crippen molar-refractivity contribution in [3.05, 3.63) is 76.9 Å². The Morgan fingerprint density at radius 3 is 2.52 bits per heavy atom. The number of anilines is 2. The summed E-state index contributed by atoms with van der Waals surface area (Å²) in [6.07, 6.45) is 16.5. The van der Waals surface area contributed by atoms with Gasteiger partial charge in [-0.15, -0.1) is 6.42 Å². The Morgan fingerprint density at radius 2 is 1.71 bits per heavy atom. The highest BCUT2D eigenvalue weighted by Gasteiger charge is 2.50. The Kier molecular flexibility index (Phi) is 13.6. The number of ether oxygens (including phenoxy) is 3. The van der Waals surface area contributed by atoms with E-state index in [-0.39, 0.29) is 83.8 Å². The molecule has 7 aliphatic rings. The van der Waals surface area contributed by atoms with Crippen LogP contribution in [0.15, 0.2) is 42.5 Å². The molecule has 79 heavy (non-hydrogen) atoms. The van der Waals surface area contributed by atoms with E-state index in [4.69, 9.17) is 35.6 Å². The van der Waals surface area contributed by atoms with Crippen molar-refractivity contribution in [1.29, 1.82) is 0 Å². The first-order valence-electron chi connectivity index (χ1n) is 28.4. The summed E-state index contributed by atoms with van der Waals surface area (Å²) < 4.78 is 69.0. The zero-order chi connectivity index (χ0) is 54.1. The number of terminal acetylenes is 1. The number of hydrogen-bond donors (Lipinski definition) is 1. The van der Waals surface area contributed by atoms with E-state index in [9.17, 15) is 14.4 Å². The molecule has 3 aromatic carbocycles. The van der Waals surface area contributed by atoms with Crippen molar-refractivity contribution in [3.63, 3.8) is 0 Å². The zero-order valence-corrected chi connectivity index (χ0v) is 44.6. The molecule has 0 aliphatic carbocycles. The molecule has 10 heterocycles. The van der Waals surface area contributed by atoms with Gasteiger partial charge in [-0.1, -0.05) is 30.2 Å². The number of benzene rings is 3. The molecule has 13 rings (SSSR count). The SMILES string of the molecule is C#Cc1c(F)ccc2cccc(-c3nc4c5c(nc(OC[C@@]67CCCN6[C@H](COC(=O)N6CCC(CC8CCN(c9cc%10c(cc9F)c(C9CCC(=O)NC9=O)nn%10C)CC8)CC6)CC7)nc5c3F)N3CCCOC[C@@H]3CC4)c12. The summed E-state index contributed by atoms with van der Waals surface area (Å²) in [7, 11) is 1.80. The van der Waals surface area contributed by atoms with Crippen molar-refractivity contribution in [2.24, 2.45) is 18.9 Å². The smallest absolute Gasteiger partial charge is 0.409 e. The third-order valence-corrected chi connectivity index (χ3v) is 18.6. The van der Waals surface area contributed by atoms with Gasteiger partial charge in [0.2, 0.25) is 11.8 Å². The summed E-state index contributed by atoms with van der Waals surface area (Å²) >= 11 is 0. The fourth-order valence-electron chi connectivity index (χ4n) is 14.4. The molecule has 6 saturated heterocycles. The molecule has 19 heteroatoms. The van der Waals surface area contributed by atoms with Gasteiger partial charge in [0.1, 0.15) is 41.9 Å². The van der Waals surface area contributed by atoms with E-state index >= 15 is 13.2 Å². The average molecular weight is 1080 g/mol. The topological polar surface area (TPSA) is 160 Å². The quantitative estimate of drug-likeness (QED) is 0.103. The Hall–Kier alpha value is -7.04. The number of fused-ring (bicyclic) bond motifs is 5. The predicted octanol–water partition coefficient (Wildman–Crippen LogP) is 8.72. The van der Waals surface area contributed by atoms with Gasteiger partial charge in [0.15, 0.2) is 5.82 Å². The van der Waals surface area contributed by atoms with Crippen LogP contribution in [0.25, 0.3) is 43.8 Å². The molecule has 0 saturated carbocycles. The fourth-order valence-corrected chi connectivity index (χ4v) is 14.4. The van der Waals surface area contributed by atoms with Crippen LogP contribution in [0.2, 0.25) is 0 Å². The van der Waals surface area contributed by atoms with E-state index < -0.39 is 17.6 Å². The van der Waals surface area contributed by atoms with Gasteiger partial charge in [-0.3, -0.25) is 24.5 Å². The number of halogens is 3. The summed E-state index contributed by atoms with van der Waals surface area (Å²) in [6, 6.07) is 11.7. The second-order valence-corrected chi connectivity index (χ2v) is 23.1. The van der Waals surface area contributed by atoms with Crippen molar-refractivity contribution in [3.8, 4) is 29.6 Å². The number of piperidine rings is 3. The highest BCUT2D eigenvalue weighted by atomic mass is 19.1. The first-order chi connectivity index (χ1) is 38.4. The van der Waals surface area contributed by atoms with Crippen molar-refractivity contribution in [2.45, 2.75) is 113 Å². The lowest BCUT2D eigenvalue weighted by molar-refractivity contribution is -0.134. The van der Waals surface area contributed by atoms with Crippen LogP contribution in [0.3, 0.4) is 0 Å². The summed E-state index contributed by atoms with van der Waals surface area (Å²) in [4.78, 5) is 61.5. The van der Waals surface area contributed by atoms with Gasteiger partial charge >= 0.3 is 12.1 Å². The minimum absolute atomic E-state index is 0.0128. The number of nitrogens with zero attached hydrogens (tertiary/aromatic N) is 9. The lowest BCUT2D eigenvalue weighted by Crippen LogP contribution is -2.48. The van der Waals surface area contributed by atoms with Gasteiger partial charge < -0.3 is 28.9 Å².